The van der Waals surface area contributed by atoms with E-state index in [0.29, 0.717) is 24.0 Å². The van der Waals surface area contributed by atoms with Crippen molar-refractivity contribution in [3.8, 4) is 0 Å². The van der Waals surface area contributed by atoms with Crippen molar-refractivity contribution in [2.24, 2.45) is 17.8 Å². The Balaban J connectivity index is 2.03. The number of rotatable bonds is 3. The zero-order valence-electron chi connectivity index (χ0n) is 11.0. The molecule has 0 aromatic heterocycles. The third-order valence-electron chi connectivity index (χ3n) is 4.90. The summed E-state index contributed by atoms with van der Waals surface area (Å²) in [6, 6.07) is 0. The van der Waals surface area contributed by atoms with Gasteiger partial charge in [0.1, 0.15) is 5.78 Å². The summed E-state index contributed by atoms with van der Waals surface area (Å²) < 4.78 is 0. The van der Waals surface area contributed by atoms with Crippen LogP contribution in [0.15, 0.2) is 0 Å². The van der Waals surface area contributed by atoms with Gasteiger partial charge in [-0.05, 0) is 37.5 Å². The number of hydrogen-bond donors (Lipinski definition) is 1. The molecule has 2 heteroatoms. The molecule has 0 saturated heterocycles. The highest BCUT2D eigenvalue weighted by molar-refractivity contribution is 5.82. The van der Waals surface area contributed by atoms with Crippen molar-refractivity contribution in [1.82, 2.24) is 0 Å². The number of carbonyl (C=O) groups excluding carboxylic acids is 1. The Bertz CT molecular complexity index is 256. The Kier molecular flexibility index (Phi) is 4.61. The Morgan fingerprint density at radius 1 is 1.18 bits per heavy atom. The molecule has 3 atom stereocenters. The predicted octanol–water partition coefficient (Wildman–Crippen LogP) is 3.32. The standard InChI is InChI=1S/C15H26O2/c1-2-11-9-6-10-13(16)14(11)15(17)12-7-4-3-5-8-12/h11-12,14-15,17H,2-10H2,1H3/t11-,14-,15-/m0/s1. The predicted molar refractivity (Wildman–Crippen MR) is 68.7 cm³/mol. The summed E-state index contributed by atoms with van der Waals surface area (Å²) in [5, 5.41) is 10.5. The van der Waals surface area contributed by atoms with Gasteiger partial charge in [-0.25, -0.2) is 0 Å². The zero-order chi connectivity index (χ0) is 12.3. The van der Waals surface area contributed by atoms with Crippen LogP contribution in [0.5, 0.6) is 0 Å². The molecule has 98 valence electrons. The molecule has 0 unspecified atom stereocenters. The van der Waals surface area contributed by atoms with Gasteiger partial charge in [-0.2, -0.15) is 0 Å². The van der Waals surface area contributed by atoms with E-state index in [9.17, 15) is 9.90 Å². The molecule has 0 radical (unpaired) electrons. The van der Waals surface area contributed by atoms with Crippen LogP contribution in [0.4, 0.5) is 0 Å². The molecule has 0 aliphatic heterocycles. The largest absolute Gasteiger partial charge is 0.392 e. The molecule has 2 fully saturated rings. The summed E-state index contributed by atoms with van der Waals surface area (Å²) in [7, 11) is 0. The van der Waals surface area contributed by atoms with Gasteiger partial charge in [0.15, 0.2) is 0 Å². The molecule has 0 amide bonds. The third kappa shape index (κ3) is 2.90. The Morgan fingerprint density at radius 3 is 2.53 bits per heavy atom. The molecule has 17 heavy (non-hydrogen) atoms. The van der Waals surface area contributed by atoms with Crippen LogP contribution >= 0.6 is 0 Å². The molecule has 2 rings (SSSR count). The third-order valence-corrected chi connectivity index (χ3v) is 4.90. The molecule has 0 heterocycles. The number of ketones is 1. The molecule has 0 aromatic carbocycles. The minimum Gasteiger partial charge on any atom is -0.392 e. The molecule has 2 nitrogen and oxygen atoms in total. The van der Waals surface area contributed by atoms with Crippen LogP contribution in [-0.2, 0) is 4.79 Å². The van der Waals surface area contributed by atoms with Crippen LogP contribution in [0.25, 0.3) is 0 Å². The van der Waals surface area contributed by atoms with Crippen molar-refractivity contribution in [2.75, 3.05) is 0 Å². The van der Waals surface area contributed by atoms with E-state index in [2.05, 4.69) is 6.92 Å². The maximum Gasteiger partial charge on any atom is 0.138 e. The lowest BCUT2D eigenvalue weighted by Crippen LogP contribution is -2.42. The number of aliphatic hydroxyl groups excluding tert-OH is 1. The van der Waals surface area contributed by atoms with Crippen molar-refractivity contribution in [3.05, 3.63) is 0 Å². The average Bonchev–Trinajstić information content (AvgIpc) is 2.38. The Hall–Kier alpha value is -0.370. The second-order valence-corrected chi connectivity index (χ2v) is 5.94. The highest BCUT2D eigenvalue weighted by Gasteiger charge is 2.39. The van der Waals surface area contributed by atoms with E-state index >= 15 is 0 Å². The molecule has 2 aliphatic rings. The summed E-state index contributed by atoms with van der Waals surface area (Å²) in [5.41, 5.74) is 0. The van der Waals surface area contributed by atoms with E-state index in [1.807, 2.05) is 0 Å². The minimum atomic E-state index is -0.354. The van der Waals surface area contributed by atoms with E-state index in [1.165, 1.54) is 19.3 Å². The Labute approximate surface area is 105 Å². The van der Waals surface area contributed by atoms with Crippen molar-refractivity contribution in [2.45, 2.75) is 70.8 Å². The van der Waals surface area contributed by atoms with Gasteiger partial charge in [-0.3, -0.25) is 4.79 Å². The van der Waals surface area contributed by atoms with Gasteiger partial charge in [-0.1, -0.05) is 32.6 Å². The first-order valence-corrected chi connectivity index (χ1v) is 7.44. The van der Waals surface area contributed by atoms with Crippen molar-refractivity contribution < 1.29 is 9.90 Å². The maximum absolute atomic E-state index is 12.1. The van der Waals surface area contributed by atoms with Crippen LogP contribution in [0.3, 0.4) is 0 Å². The fraction of sp³-hybridized carbons (Fsp3) is 0.933. The molecule has 0 bridgehead atoms. The number of hydrogen-bond acceptors (Lipinski definition) is 2. The van der Waals surface area contributed by atoms with E-state index in [1.54, 1.807) is 0 Å². The van der Waals surface area contributed by atoms with Crippen LogP contribution in [0.2, 0.25) is 0 Å². The monoisotopic (exact) mass is 238 g/mol. The number of aliphatic hydroxyl groups is 1. The van der Waals surface area contributed by atoms with E-state index in [4.69, 9.17) is 0 Å². The number of carbonyl (C=O) groups is 1. The SMILES string of the molecule is CC[C@H]1CCCC(=O)[C@H]1[C@@H](O)C1CCCCC1. The molecular formula is C15H26O2. The fourth-order valence-electron chi connectivity index (χ4n) is 3.84. The van der Waals surface area contributed by atoms with Gasteiger partial charge in [0.25, 0.3) is 0 Å². The van der Waals surface area contributed by atoms with Crippen LogP contribution in [0, 0.1) is 17.8 Å². The first kappa shape index (κ1) is 13.1. The first-order valence-electron chi connectivity index (χ1n) is 7.44. The second kappa shape index (κ2) is 5.99. The lowest BCUT2D eigenvalue weighted by atomic mass is 9.69. The minimum absolute atomic E-state index is 0.0446. The molecule has 1 N–H and O–H groups in total. The van der Waals surface area contributed by atoms with Crippen molar-refractivity contribution >= 4 is 5.78 Å². The highest BCUT2D eigenvalue weighted by atomic mass is 16.3. The first-order chi connectivity index (χ1) is 8.24. The van der Waals surface area contributed by atoms with Crippen LogP contribution in [-0.4, -0.2) is 17.0 Å². The summed E-state index contributed by atoms with van der Waals surface area (Å²) in [4.78, 5) is 12.1. The summed E-state index contributed by atoms with van der Waals surface area (Å²) in [6.45, 7) is 2.16. The Morgan fingerprint density at radius 2 is 1.88 bits per heavy atom. The van der Waals surface area contributed by atoms with E-state index in [0.717, 1.165) is 32.1 Å². The van der Waals surface area contributed by atoms with Gasteiger partial charge in [0, 0.05) is 12.3 Å². The topological polar surface area (TPSA) is 37.3 Å². The lowest BCUT2D eigenvalue weighted by molar-refractivity contribution is -0.134. The van der Waals surface area contributed by atoms with E-state index in [-0.39, 0.29) is 12.0 Å². The van der Waals surface area contributed by atoms with Gasteiger partial charge in [-0.15, -0.1) is 0 Å². The lowest BCUT2D eigenvalue weighted by Gasteiger charge is -2.38. The molecule has 0 aromatic rings. The van der Waals surface area contributed by atoms with Crippen molar-refractivity contribution in [1.29, 1.82) is 0 Å². The van der Waals surface area contributed by atoms with E-state index < -0.39 is 0 Å². The zero-order valence-corrected chi connectivity index (χ0v) is 11.0. The smallest absolute Gasteiger partial charge is 0.138 e. The molecule has 2 aliphatic carbocycles. The summed E-state index contributed by atoms with van der Waals surface area (Å²) >= 11 is 0. The van der Waals surface area contributed by atoms with Gasteiger partial charge in [0.2, 0.25) is 0 Å². The average molecular weight is 238 g/mol. The van der Waals surface area contributed by atoms with Crippen LogP contribution in [0.1, 0.15) is 64.7 Å². The summed E-state index contributed by atoms with van der Waals surface area (Å²) in [6.07, 6.45) is 9.58. The van der Waals surface area contributed by atoms with Crippen LogP contribution < -0.4 is 0 Å². The second-order valence-electron chi connectivity index (χ2n) is 5.94. The fourth-order valence-corrected chi connectivity index (χ4v) is 3.84. The summed E-state index contributed by atoms with van der Waals surface area (Å²) in [5.74, 6) is 1.12. The molecular weight excluding hydrogens is 212 g/mol. The molecule has 2 saturated carbocycles. The normalized spacial score (nSPS) is 33.6. The van der Waals surface area contributed by atoms with Crippen molar-refractivity contribution in [3.63, 3.8) is 0 Å². The van der Waals surface area contributed by atoms with Gasteiger partial charge < -0.3 is 5.11 Å². The van der Waals surface area contributed by atoms with Gasteiger partial charge in [0.05, 0.1) is 6.10 Å². The van der Waals surface area contributed by atoms with Gasteiger partial charge >= 0.3 is 0 Å². The maximum atomic E-state index is 12.1. The quantitative estimate of drug-likeness (QED) is 0.819. The molecule has 0 spiro atoms. The number of Topliss-reactive ketones (excluding diaryl/α,β-unsaturated/α-hetero) is 1. The highest BCUT2D eigenvalue weighted by Crippen LogP contribution is 2.38.